The minimum atomic E-state index is -2.45. The Labute approximate surface area is 128 Å². The number of ether oxygens (including phenoxy) is 1. The van der Waals surface area contributed by atoms with Crippen LogP contribution in [0.5, 0.6) is 0 Å². The molecule has 1 aromatic heterocycles. The van der Waals surface area contributed by atoms with Gasteiger partial charge >= 0.3 is 5.97 Å². The molecule has 116 valence electrons. The van der Waals surface area contributed by atoms with E-state index in [1.165, 1.54) is 18.6 Å². The Balaban J connectivity index is 2.19. The molecule has 0 saturated carbocycles. The van der Waals surface area contributed by atoms with Gasteiger partial charge in [-0.25, -0.2) is 18.4 Å². The van der Waals surface area contributed by atoms with E-state index >= 15 is 0 Å². The van der Waals surface area contributed by atoms with Crippen LogP contribution in [0, 0.1) is 5.82 Å². The summed E-state index contributed by atoms with van der Waals surface area (Å²) >= 11 is 0. The molecule has 0 radical (unpaired) electrons. The predicted octanol–water partition coefficient (Wildman–Crippen LogP) is 2.94. The van der Waals surface area contributed by atoms with Crippen LogP contribution in [-0.4, -0.2) is 27.7 Å². The predicted molar refractivity (Wildman–Crippen MR) is 81.8 cm³/mol. The number of halogens is 1. The van der Waals surface area contributed by atoms with Crippen molar-refractivity contribution >= 4 is 21.5 Å². The molecule has 1 aromatic carbocycles. The molecule has 2 aromatic rings. The maximum absolute atomic E-state index is 13.7. The summed E-state index contributed by atoms with van der Waals surface area (Å²) in [5.41, 5.74) is 0.308. The minimum Gasteiger partial charge on any atom is -0.456 e. The quantitative estimate of drug-likeness (QED) is 0.812. The molecule has 0 N–H and O–H groups in total. The van der Waals surface area contributed by atoms with Crippen LogP contribution in [-0.2, 0) is 21.1 Å². The number of carbonyl (C=O) groups is 1. The van der Waals surface area contributed by atoms with Crippen LogP contribution in [0.25, 0.3) is 0 Å². The molecule has 0 aliphatic rings. The van der Waals surface area contributed by atoms with Gasteiger partial charge in [-0.05, 0) is 17.7 Å². The van der Waals surface area contributed by atoms with Crippen LogP contribution in [0.3, 0.4) is 0 Å². The number of nitrogens with zero attached hydrogens (tertiary/aromatic N) is 2. The second-order valence-electron chi connectivity index (χ2n) is 4.83. The Hall–Kier alpha value is -2.28. The van der Waals surface area contributed by atoms with Crippen molar-refractivity contribution in [1.82, 2.24) is 4.98 Å². The van der Waals surface area contributed by atoms with E-state index in [9.17, 15) is 13.4 Å². The molecule has 0 saturated heterocycles. The largest absolute Gasteiger partial charge is 0.456 e. The molecule has 0 atom stereocenters. The maximum atomic E-state index is 13.7. The Morgan fingerprint density at radius 1 is 1.23 bits per heavy atom. The summed E-state index contributed by atoms with van der Waals surface area (Å²) in [5.74, 6) is -1.67. The summed E-state index contributed by atoms with van der Waals surface area (Å²) in [6.45, 7) is 0.0143. The summed E-state index contributed by atoms with van der Waals surface area (Å²) in [5, 5.41) is 0. The lowest BCUT2D eigenvalue weighted by Gasteiger charge is -2.06. The van der Waals surface area contributed by atoms with Crippen molar-refractivity contribution < 1.29 is 18.1 Å². The van der Waals surface area contributed by atoms with E-state index in [4.69, 9.17) is 4.74 Å². The van der Waals surface area contributed by atoms with E-state index in [-0.39, 0.29) is 12.4 Å². The normalized spacial score (nSPS) is 11.0. The standard InChI is InChI=1S/C15H15FN2O3S/c1-22(2,20)18-13-9-8-12(16)14(17-13)15(19)21-10-11-6-4-3-5-7-11/h3-9H,10H2,1-2H3. The number of aromatic nitrogens is 1. The van der Waals surface area contributed by atoms with Gasteiger partial charge < -0.3 is 4.74 Å². The summed E-state index contributed by atoms with van der Waals surface area (Å²) in [7, 11) is -2.45. The lowest BCUT2D eigenvalue weighted by Crippen LogP contribution is -2.10. The third-order valence-electron chi connectivity index (χ3n) is 2.55. The molecule has 22 heavy (non-hydrogen) atoms. The van der Waals surface area contributed by atoms with Crippen LogP contribution in [0.2, 0.25) is 0 Å². The molecule has 2 rings (SSSR count). The van der Waals surface area contributed by atoms with Gasteiger partial charge in [0, 0.05) is 22.2 Å². The van der Waals surface area contributed by atoms with E-state index in [1.807, 2.05) is 6.07 Å². The van der Waals surface area contributed by atoms with Crippen molar-refractivity contribution in [2.24, 2.45) is 4.36 Å². The first-order valence-electron chi connectivity index (χ1n) is 6.40. The molecule has 0 unspecified atom stereocenters. The third kappa shape index (κ3) is 4.63. The van der Waals surface area contributed by atoms with Crippen LogP contribution in [0.4, 0.5) is 10.2 Å². The summed E-state index contributed by atoms with van der Waals surface area (Å²) in [6, 6.07) is 11.3. The van der Waals surface area contributed by atoms with Gasteiger partial charge in [-0.2, -0.15) is 4.36 Å². The monoisotopic (exact) mass is 322 g/mol. The van der Waals surface area contributed by atoms with Gasteiger partial charge in [-0.15, -0.1) is 0 Å². The zero-order chi connectivity index (χ0) is 16.2. The van der Waals surface area contributed by atoms with Gasteiger partial charge in [-0.1, -0.05) is 30.3 Å². The zero-order valence-electron chi connectivity index (χ0n) is 12.2. The zero-order valence-corrected chi connectivity index (χ0v) is 13.0. The van der Waals surface area contributed by atoms with Crippen LogP contribution >= 0.6 is 0 Å². The van der Waals surface area contributed by atoms with Gasteiger partial charge in [0.05, 0.1) is 0 Å². The summed E-state index contributed by atoms with van der Waals surface area (Å²) < 4.78 is 34.2. The van der Waals surface area contributed by atoms with Crippen molar-refractivity contribution in [2.45, 2.75) is 6.61 Å². The van der Waals surface area contributed by atoms with E-state index in [0.717, 1.165) is 11.6 Å². The Morgan fingerprint density at radius 3 is 2.55 bits per heavy atom. The summed E-state index contributed by atoms with van der Waals surface area (Å²) in [4.78, 5) is 15.7. The van der Waals surface area contributed by atoms with Gasteiger partial charge in [0.15, 0.2) is 17.3 Å². The van der Waals surface area contributed by atoms with Crippen molar-refractivity contribution in [1.29, 1.82) is 0 Å². The smallest absolute Gasteiger partial charge is 0.360 e. The highest BCUT2D eigenvalue weighted by Gasteiger charge is 2.16. The molecule has 0 fully saturated rings. The number of hydrogen-bond acceptors (Lipinski definition) is 5. The van der Waals surface area contributed by atoms with Crippen LogP contribution < -0.4 is 0 Å². The van der Waals surface area contributed by atoms with E-state index < -0.39 is 27.2 Å². The van der Waals surface area contributed by atoms with Crippen molar-refractivity contribution in [3.8, 4) is 0 Å². The highest BCUT2D eigenvalue weighted by Crippen LogP contribution is 2.15. The lowest BCUT2D eigenvalue weighted by molar-refractivity contribution is 0.0460. The summed E-state index contributed by atoms with van der Waals surface area (Å²) in [6.07, 6.45) is 2.84. The van der Waals surface area contributed by atoms with Gasteiger partial charge in [0.2, 0.25) is 0 Å². The van der Waals surface area contributed by atoms with Crippen LogP contribution in [0.15, 0.2) is 46.8 Å². The second kappa shape index (κ2) is 6.65. The number of hydrogen-bond donors (Lipinski definition) is 0. The Kier molecular flexibility index (Phi) is 4.87. The Morgan fingerprint density at radius 2 is 1.91 bits per heavy atom. The fraction of sp³-hybridized carbons (Fsp3) is 0.200. The highest BCUT2D eigenvalue weighted by atomic mass is 32.2. The molecular formula is C15H15FN2O3S. The van der Waals surface area contributed by atoms with E-state index in [2.05, 4.69) is 9.35 Å². The molecule has 0 amide bonds. The van der Waals surface area contributed by atoms with Crippen LogP contribution in [0.1, 0.15) is 16.1 Å². The molecule has 7 heteroatoms. The number of pyridine rings is 1. The van der Waals surface area contributed by atoms with Gasteiger partial charge in [0.25, 0.3) is 0 Å². The molecule has 0 aliphatic heterocycles. The lowest BCUT2D eigenvalue weighted by atomic mass is 10.2. The molecule has 0 aliphatic carbocycles. The molecule has 5 nitrogen and oxygen atoms in total. The minimum absolute atomic E-state index is 0.0143. The number of benzene rings is 1. The SMILES string of the molecule is CS(C)(=O)=Nc1ccc(F)c(C(=O)OCc2ccccc2)n1. The maximum Gasteiger partial charge on any atom is 0.360 e. The van der Waals surface area contributed by atoms with Gasteiger partial charge in [0.1, 0.15) is 6.61 Å². The van der Waals surface area contributed by atoms with Crippen molar-refractivity contribution in [3.05, 3.63) is 59.5 Å². The number of carbonyl (C=O) groups excluding carboxylic acids is 1. The average molecular weight is 322 g/mol. The number of rotatable bonds is 4. The second-order valence-corrected chi connectivity index (χ2v) is 7.38. The third-order valence-corrected chi connectivity index (χ3v) is 3.18. The Bertz CT molecular complexity index is 792. The first kappa shape index (κ1) is 16.1. The van der Waals surface area contributed by atoms with Gasteiger partial charge in [-0.3, -0.25) is 0 Å². The first-order valence-corrected chi connectivity index (χ1v) is 8.73. The molecule has 1 heterocycles. The fourth-order valence-corrected chi connectivity index (χ4v) is 2.19. The highest BCUT2D eigenvalue weighted by molar-refractivity contribution is 7.92. The van der Waals surface area contributed by atoms with E-state index in [1.54, 1.807) is 24.3 Å². The first-order chi connectivity index (χ1) is 10.3. The number of esters is 1. The fourth-order valence-electron chi connectivity index (χ4n) is 1.64. The average Bonchev–Trinajstić information content (AvgIpc) is 2.46. The molecule has 0 spiro atoms. The topological polar surface area (TPSA) is 68.6 Å². The molecular weight excluding hydrogens is 307 g/mol. The van der Waals surface area contributed by atoms with E-state index in [0.29, 0.717) is 0 Å². The van der Waals surface area contributed by atoms with Crippen molar-refractivity contribution in [2.75, 3.05) is 12.5 Å². The molecule has 0 bridgehead atoms. The van der Waals surface area contributed by atoms with Crippen molar-refractivity contribution in [3.63, 3.8) is 0 Å².